The molecule has 174 valence electrons. The molecule has 3 N–H and O–H groups in total. The van der Waals surface area contributed by atoms with E-state index in [9.17, 15) is 0 Å². The van der Waals surface area contributed by atoms with Gasteiger partial charge in [-0.2, -0.15) is 5.10 Å². The number of H-pyrrole nitrogens is 2. The van der Waals surface area contributed by atoms with Crippen molar-refractivity contribution in [3.63, 3.8) is 0 Å². The fourth-order valence-electron chi connectivity index (χ4n) is 4.20. The first-order valence-corrected chi connectivity index (χ1v) is 11.2. The normalized spacial score (nSPS) is 11.7. The van der Waals surface area contributed by atoms with Gasteiger partial charge in [-0.1, -0.05) is 0 Å². The Hall–Kier alpha value is -4.60. The number of benzene rings is 1. The number of aromatic nitrogens is 8. The highest BCUT2D eigenvalue weighted by Gasteiger charge is 2.18. The van der Waals surface area contributed by atoms with Crippen LogP contribution in [0.15, 0.2) is 55.4 Å². The summed E-state index contributed by atoms with van der Waals surface area (Å²) in [6, 6.07) is 7.44. The third-order valence-corrected chi connectivity index (χ3v) is 5.71. The van der Waals surface area contributed by atoms with Gasteiger partial charge in [0.25, 0.3) is 0 Å². The highest BCUT2D eigenvalue weighted by molar-refractivity contribution is 5.96. The van der Waals surface area contributed by atoms with Crippen LogP contribution in [0, 0.1) is 12.7 Å². The average molecular weight is 468 g/mol. The Bertz CT molecular complexity index is 1690. The Kier molecular flexibility index (Phi) is 4.80. The molecule has 0 atom stereocenters. The Morgan fingerprint density at radius 2 is 1.94 bits per heavy atom. The van der Waals surface area contributed by atoms with Crippen molar-refractivity contribution in [3.05, 3.63) is 66.9 Å². The van der Waals surface area contributed by atoms with Gasteiger partial charge in [-0.25, -0.2) is 19.3 Å². The standard InChI is InChI=1S/C25H22FN9/c1-13(2)30-17-6-16(9-27-10-17)15-7-18-21(19(26)8-15)33-34-22(18)24-31-20-4-5-28-25(23(20)32-24)35-11-14(3)29-12-35/h4-13,30H,1-3H3,(H,31,32)(H,33,34). The highest BCUT2D eigenvalue weighted by Crippen LogP contribution is 2.33. The zero-order valence-electron chi connectivity index (χ0n) is 19.3. The predicted molar refractivity (Wildman–Crippen MR) is 133 cm³/mol. The van der Waals surface area contributed by atoms with Crippen LogP contribution in [0.3, 0.4) is 0 Å². The van der Waals surface area contributed by atoms with Crippen LogP contribution >= 0.6 is 0 Å². The van der Waals surface area contributed by atoms with Crippen LogP contribution in [0.25, 0.3) is 50.4 Å². The fourth-order valence-corrected chi connectivity index (χ4v) is 4.20. The maximum atomic E-state index is 15.1. The van der Waals surface area contributed by atoms with Crippen molar-refractivity contribution in [2.45, 2.75) is 26.8 Å². The molecule has 5 aromatic heterocycles. The van der Waals surface area contributed by atoms with E-state index in [1.165, 1.54) is 6.07 Å². The number of halogens is 1. The number of aromatic amines is 2. The van der Waals surface area contributed by atoms with Crippen molar-refractivity contribution in [3.8, 4) is 28.5 Å². The maximum absolute atomic E-state index is 15.1. The Labute approximate surface area is 199 Å². The van der Waals surface area contributed by atoms with Crippen LogP contribution in [-0.2, 0) is 0 Å². The van der Waals surface area contributed by atoms with Gasteiger partial charge in [0, 0.05) is 41.8 Å². The number of pyridine rings is 2. The number of aryl methyl sites for hydroxylation is 1. The summed E-state index contributed by atoms with van der Waals surface area (Å²) in [4.78, 5) is 21.2. The zero-order chi connectivity index (χ0) is 24.1. The number of hydrogen-bond acceptors (Lipinski definition) is 6. The minimum absolute atomic E-state index is 0.247. The number of hydrogen-bond donors (Lipinski definition) is 3. The number of imidazole rings is 2. The lowest BCUT2D eigenvalue weighted by Crippen LogP contribution is -2.09. The Balaban J connectivity index is 1.48. The number of nitrogens with zero attached hydrogens (tertiary/aromatic N) is 6. The number of nitrogens with one attached hydrogen (secondary N) is 3. The molecule has 0 aliphatic carbocycles. The average Bonchev–Trinajstić information content (AvgIpc) is 3.56. The summed E-state index contributed by atoms with van der Waals surface area (Å²) in [6.07, 6.45) is 8.78. The first kappa shape index (κ1) is 21.0. The molecule has 6 rings (SSSR count). The second-order valence-electron chi connectivity index (χ2n) is 8.75. The summed E-state index contributed by atoms with van der Waals surface area (Å²) in [7, 11) is 0. The van der Waals surface area contributed by atoms with Gasteiger partial charge in [-0.3, -0.25) is 14.6 Å². The third-order valence-electron chi connectivity index (χ3n) is 5.71. The van der Waals surface area contributed by atoms with Crippen molar-refractivity contribution < 1.29 is 4.39 Å². The second-order valence-corrected chi connectivity index (χ2v) is 8.75. The Morgan fingerprint density at radius 3 is 2.74 bits per heavy atom. The van der Waals surface area contributed by atoms with Crippen LogP contribution in [0.4, 0.5) is 10.1 Å². The summed E-state index contributed by atoms with van der Waals surface area (Å²) in [5.41, 5.74) is 5.57. The van der Waals surface area contributed by atoms with Crippen molar-refractivity contribution in [1.82, 2.24) is 39.7 Å². The molecule has 0 aliphatic rings. The smallest absolute Gasteiger partial charge is 0.166 e. The summed E-state index contributed by atoms with van der Waals surface area (Å²) in [5, 5.41) is 11.1. The molecule has 1 aromatic carbocycles. The second kappa shape index (κ2) is 8.01. The van der Waals surface area contributed by atoms with E-state index >= 15 is 4.39 Å². The molecule has 0 radical (unpaired) electrons. The fraction of sp³-hybridized carbons (Fsp3) is 0.160. The van der Waals surface area contributed by atoms with Gasteiger partial charge in [0.15, 0.2) is 17.5 Å². The number of rotatable bonds is 5. The minimum Gasteiger partial charge on any atom is -0.382 e. The van der Waals surface area contributed by atoms with E-state index in [1.807, 2.05) is 35.9 Å². The predicted octanol–water partition coefficient (Wildman–Crippen LogP) is 5.02. The van der Waals surface area contributed by atoms with E-state index < -0.39 is 5.82 Å². The minimum atomic E-state index is -0.422. The van der Waals surface area contributed by atoms with Crippen LogP contribution in [-0.4, -0.2) is 45.7 Å². The first-order chi connectivity index (χ1) is 17.0. The maximum Gasteiger partial charge on any atom is 0.166 e. The molecule has 0 fully saturated rings. The number of anilines is 1. The van der Waals surface area contributed by atoms with E-state index in [4.69, 9.17) is 4.98 Å². The molecule has 6 aromatic rings. The summed E-state index contributed by atoms with van der Waals surface area (Å²) in [6.45, 7) is 6.02. The van der Waals surface area contributed by atoms with Crippen molar-refractivity contribution in [2.24, 2.45) is 0 Å². The summed E-state index contributed by atoms with van der Waals surface area (Å²) in [5.74, 6) is 0.773. The molecule has 0 amide bonds. The van der Waals surface area contributed by atoms with Gasteiger partial charge in [0.2, 0.25) is 0 Å². The van der Waals surface area contributed by atoms with E-state index in [-0.39, 0.29) is 11.6 Å². The molecule has 9 nitrogen and oxygen atoms in total. The number of fused-ring (bicyclic) bond motifs is 2. The molecule has 0 aliphatic heterocycles. The molecule has 5 heterocycles. The van der Waals surface area contributed by atoms with E-state index in [1.54, 1.807) is 24.9 Å². The van der Waals surface area contributed by atoms with Gasteiger partial charge in [-0.05, 0) is 50.6 Å². The van der Waals surface area contributed by atoms with E-state index in [2.05, 4.69) is 49.3 Å². The molecule has 10 heteroatoms. The van der Waals surface area contributed by atoms with Gasteiger partial charge in [-0.15, -0.1) is 0 Å². The van der Waals surface area contributed by atoms with Gasteiger partial charge in [0.1, 0.15) is 23.1 Å². The molecule has 35 heavy (non-hydrogen) atoms. The topological polar surface area (TPSA) is 113 Å². The van der Waals surface area contributed by atoms with Crippen molar-refractivity contribution >= 4 is 27.6 Å². The first-order valence-electron chi connectivity index (χ1n) is 11.2. The van der Waals surface area contributed by atoms with Crippen LogP contribution in [0.1, 0.15) is 19.5 Å². The molecule has 0 saturated heterocycles. The summed E-state index contributed by atoms with van der Waals surface area (Å²) < 4.78 is 16.9. The lowest BCUT2D eigenvalue weighted by Gasteiger charge is -2.11. The van der Waals surface area contributed by atoms with Crippen LogP contribution < -0.4 is 5.32 Å². The van der Waals surface area contributed by atoms with E-state index in [0.717, 1.165) is 22.5 Å². The largest absolute Gasteiger partial charge is 0.382 e. The molecular weight excluding hydrogens is 445 g/mol. The van der Waals surface area contributed by atoms with Gasteiger partial charge >= 0.3 is 0 Å². The van der Waals surface area contributed by atoms with Gasteiger partial charge < -0.3 is 10.3 Å². The molecular formula is C25H22FN9. The molecule has 0 saturated carbocycles. The van der Waals surface area contributed by atoms with Crippen molar-refractivity contribution in [2.75, 3.05) is 5.32 Å². The molecule has 0 spiro atoms. The lowest BCUT2D eigenvalue weighted by atomic mass is 10.0. The zero-order valence-corrected chi connectivity index (χ0v) is 19.3. The Morgan fingerprint density at radius 1 is 1.06 bits per heavy atom. The van der Waals surface area contributed by atoms with Crippen molar-refractivity contribution in [1.29, 1.82) is 0 Å². The van der Waals surface area contributed by atoms with E-state index in [0.29, 0.717) is 33.8 Å². The van der Waals surface area contributed by atoms with Crippen LogP contribution in [0.5, 0.6) is 0 Å². The molecule has 0 unspecified atom stereocenters. The lowest BCUT2D eigenvalue weighted by molar-refractivity contribution is 0.636. The van der Waals surface area contributed by atoms with Crippen LogP contribution in [0.2, 0.25) is 0 Å². The molecule has 0 bridgehead atoms. The van der Waals surface area contributed by atoms with Gasteiger partial charge in [0.05, 0.1) is 16.9 Å². The quantitative estimate of drug-likeness (QED) is 0.328. The highest BCUT2D eigenvalue weighted by atomic mass is 19.1. The SMILES string of the molecule is Cc1cn(-c2nccc3[nH]c(-c4[nH]nc5c(F)cc(-c6cncc(NC(C)C)c6)cc45)nc23)cn1. The monoisotopic (exact) mass is 467 g/mol. The third kappa shape index (κ3) is 3.68. The summed E-state index contributed by atoms with van der Waals surface area (Å²) >= 11 is 0.